The van der Waals surface area contributed by atoms with Crippen LogP contribution in [0.3, 0.4) is 0 Å². The normalized spacial score (nSPS) is 55.0. The molecular weight excluding hydrogens is 296 g/mol. The molecule has 2 heteroatoms. The Kier molecular flexibility index (Phi) is 2.83. The van der Waals surface area contributed by atoms with Gasteiger partial charge in [0.1, 0.15) is 5.78 Å². The smallest absolute Gasteiger partial charge is 0.155 e. The van der Waals surface area contributed by atoms with Crippen LogP contribution < -0.4 is 0 Å². The molecule has 5 aliphatic rings. The number of allylic oxidation sites excluding steroid dienone is 1. The van der Waals surface area contributed by atoms with Crippen molar-refractivity contribution in [3.8, 4) is 0 Å². The molecule has 0 unspecified atom stereocenters. The molecule has 0 saturated heterocycles. The predicted molar refractivity (Wildman–Crippen MR) is 93.3 cm³/mol. The number of carbonyl (C=O) groups is 2. The summed E-state index contributed by atoms with van der Waals surface area (Å²) in [4.78, 5) is 24.4. The topological polar surface area (TPSA) is 34.1 Å². The average Bonchev–Trinajstić information content (AvgIpc) is 3.21. The molecule has 2 nitrogen and oxygen atoms in total. The molecular formula is C22H30O2. The Morgan fingerprint density at radius 2 is 1.92 bits per heavy atom. The van der Waals surface area contributed by atoms with E-state index >= 15 is 0 Å². The van der Waals surface area contributed by atoms with Gasteiger partial charge in [0, 0.05) is 11.8 Å². The van der Waals surface area contributed by atoms with Crippen LogP contribution in [0.5, 0.6) is 0 Å². The molecule has 0 bridgehead atoms. The van der Waals surface area contributed by atoms with Gasteiger partial charge in [0.05, 0.1) is 0 Å². The lowest BCUT2D eigenvalue weighted by atomic mass is 9.45. The molecule has 4 saturated carbocycles. The summed E-state index contributed by atoms with van der Waals surface area (Å²) in [5.74, 6) is 3.77. The first-order valence-corrected chi connectivity index (χ1v) is 10.1. The zero-order valence-corrected chi connectivity index (χ0v) is 15.4. The van der Waals surface area contributed by atoms with Crippen molar-refractivity contribution in [3.63, 3.8) is 0 Å². The highest BCUT2D eigenvalue weighted by molar-refractivity contribution is 5.91. The van der Waals surface area contributed by atoms with Gasteiger partial charge in [-0.15, -0.1) is 0 Å². The molecule has 0 amide bonds. The largest absolute Gasteiger partial charge is 0.299 e. The number of ketones is 2. The van der Waals surface area contributed by atoms with Gasteiger partial charge in [-0.3, -0.25) is 9.59 Å². The minimum absolute atomic E-state index is 0.0438. The summed E-state index contributed by atoms with van der Waals surface area (Å²) in [7, 11) is 0. The van der Waals surface area contributed by atoms with Crippen molar-refractivity contribution in [1.82, 2.24) is 0 Å². The Labute approximate surface area is 145 Å². The molecule has 24 heavy (non-hydrogen) atoms. The maximum atomic E-state index is 12.5. The van der Waals surface area contributed by atoms with Gasteiger partial charge in [-0.1, -0.05) is 19.4 Å². The molecule has 4 fully saturated rings. The molecule has 7 atom stereocenters. The monoisotopic (exact) mass is 326 g/mol. The second-order valence-electron chi connectivity index (χ2n) is 10.1. The van der Waals surface area contributed by atoms with Crippen molar-refractivity contribution in [2.24, 2.45) is 39.9 Å². The summed E-state index contributed by atoms with van der Waals surface area (Å²) in [6, 6.07) is 0. The lowest BCUT2D eigenvalue weighted by Crippen LogP contribution is -2.52. The molecule has 0 aromatic rings. The van der Waals surface area contributed by atoms with Crippen LogP contribution >= 0.6 is 0 Å². The quantitative estimate of drug-likeness (QED) is 0.698. The summed E-state index contributed by atoms with van der Waals surface area (Å²) in [5.41, 5.74) is 2.01. The van der Waals surface area contributed by atoms with Crippen LogP contribution in [0.25, 0.3) is 0 Å². The van der Waals surface area contributed by atoms with E-state index in [2.05, 4.69) is 13.8 Å². The van der Waals surface area contributed by atoms with Crippen LogP contribution in [0.15, 0.2) is 11.6 Å². The van der Waals surface area contributed by atoms with Crippen LogP contribution in [0, 0.1) is 39.9 Å². The van der Waals surface area contributed by atoms with E-state index in [0.717, 1.165) is 37.0 Å². The lowest BCUT2D eigenvalue weighted by Gasteiger charge is -2.59. The molecule has 0 aliphatic heterocycles. The molecule has 5 rings (SSSR count). The number of hydrogen-bond acceptors (Lipinski definition) is 2. The average molecular weight is 326 g/mol. The molecule has 0 N–H and O–H groups in total. The SMILES string of the molecule is CC(=O)[C@@]12C[C@@H]1C[C@H]1[C@@H]3CCC4=CC(=O)CC[C@]4(C)[C@H]3CC[C@@]12C. The van der Waals surface area contributed by atoms with E-state index in [1.165, 1.54) is 37.7 Å². The maximum absolute atomic E-state index is 12.5. The first-order chi connectivity index (χ1) is 11.3. The van der Waals surface area contributed by atoms with Gasteiger partial charge >= 0.3 is 0 Å². The second-order valence-corrected chi connectivity index (χ2v) is 10.1. The summed E-state index contributed by atoms with van der Waals surface area (Å²) < 4.78 is 0. The Hall–Kier alpha value is -0.920. The van der Waals surface area contributed by atoms with Crippen molar-refractivity contribution in [1.29, 1.82) is 0 Å². The van der Waals surface area contributed by atoms with Gasteiger partial charge in [-0.05, 0) is 92.4 Å². The first kappa shape index (κ1) is 15.3. The summed E-state index contributed by atoms with van der Waals surface area (Å²) >= 11 is 0. The Bertz CT molecular complexity index is 675. The standard InChI is InChI=1S/C22H30O2/c1-13(23)22-12-15(22)11-19-17-5-4-14-10-16(24)6-8-20(14,2)18(17)7-9-21(19,22)3/h10,15,17-19H,4-9,11-12H2,1-3H3/t15-,17+,18-,19-,20-,21-,22-/m0/s1. The fourth-order valence-corrected chi connectivity index (χ4v) is 8.32. The predicted octanol–water partition coefficient (Wildman–Crippen LogP) is 4.72. The number of rotatable bonds is 1. The Morgan fingerprint density at radius 1 is 1.12 bits per heavy atom. The third-order valence-corrected chi connectivity index (χ3v) is 9.64. The second kappa shape index (κ2) is 4.43. The fourth-order valence-electron chi connectivity index (χ4n) is 8.32. The van der Waals surface area contributed by atoms with Crippen LogP contribution in [0.1, 0.15) is 72.1 Å². The maximum Gasteiger partial charge on any atom is 0.155 e. The number of hydrogen-bond donors (Lipinski definition) is 0. The zero-order chi connectivity index (χ0) is 16.9. The van der Waals surface area contributed by atoms with Gasteiger partial charge in [-0.25, -0.2) is 0 Å². The van der Waals surface area contributed by atoms with Gasteiger partial charge in [0.2, 0.25) is 0 Å². The van der Waals surface area contributed by atoms with Gasteiger partial charge in [0.25, 0.3) is 0 Å². The highest BCUT2D eigenvalue weighted by atomic mass is 16.1. The van der Waals surface area contributed by atoms with Crippen molar-refractivity contribution < 1.29 is 9.59 Å². The van der Waals surface area contributed by atoms with E-state index in [0.29, 0.717) is 17.5 Å². The van der Waals surface area contributed by atoms with Crippen LogP contribution in [0.2, 0.25) is 0 Å². The zero-order valence-electron chi connectivity index (χ0n) is 15.4. The van der Waals surface area contributed by atoms with Crippen molar-refractivity contribution >= 4 is 11.6 Å². The van der Waals surface area contributed by atoms with Gasteiger partial charge in [0.15, 0.2) is 5.78 Å². The van der Waals surface area contributed by atoms with E-state index in [1.807, 2.05) is 13.0 Å². The fraction of sp³-hybridized carbons (Fsp3) is 0.818. The number of carbonyl (C=O) groups excluding carboxylic acids is 2. The van der Waals surface area contributed by atoms with Crippen molar-refractivity contribution in [2.75, 3.05) is 0 Å². The molecule has 130 valence electrons. The van der Waals surface area contributed by atoms with Gasteiger partial charge < -0.3 is 0 Å². The van der Waals surface area contributed by atoms with Gasteiger partial charge in [-0.2, -0.15) is 0 Å². The Balaban J connectivity index is 1.52. The highest BCUT2D eigenvalue weighted by Crippen LogP contribution is 2.80. The molecule has 0 radical (unpaired) electrons. The molecule has 0 aromatic heterocycles. The van der Waals surface area contributed by atoms with Crippen LogP contribution in [-0.4, -0.2) is 11.6 Å². The molecule has 5 aliphatic carbocycles. The van der Waals surface area contributed by atoms with Crippen molar-refractivity contribution in [3.05, 3.63) is 11.6 Å². The molecule has 0 spiro atoms. The van der Waals surface area contributed by atoms with E-state index < -0.39 is 0 Å². The summed E-state index contributed by atoms with van der Waals surface area (Å²) in [6.07, 6.45) is 11.1. The third kappa shape index (κ3) is 1.55. The minimum Gasteiger partial charge on any atom is -0.299 e. The first-order valence-electron chi connectivity index (χ1n) is 10.1. The van der Waals surface area contributed by atoms with E-state index in [-0.39, 0.29) is 16.2 Å². The van der Waals surface area contributed by atoms with E-state index in [9.17, 15) is 9.59 Å². The third-order valence-electron chi connectivity index (χ3n) is 9.64. The molecule has 0 aromatic carbocycles. The summed E-state index contributed by atoms with van der Waals surface area (Å²) in [5, 5.41) is 0. The Morgan fingerprint density at radius 3 is 2.67 bits per heavy atom. The number of fused-ring (bicyclic) bond motifs is 7. The minimum atomic E-state index is 0.0438. The highest BCUT2D eigenvalue weighted by Gasteiger charge is 2.76. The summed E-state index contributed by atoms with van der Waals surface area (Å²) in [6.45, 7) is 6.76. The van der Waals surface area contributed by atoms with E-state index in [4.69, 9.17) is 0 Å². The van der Waals surface area contributed by atoms with Crippen molar-refractivity contribution in [2.45, 2.75) is 72.1 Å². The van der Waals surface area contributed by atoms with Crippen LogP contribution in [0.4, 0.5) is 0 Å². The lowest BCUT2D eigenvalue weighted by molar-refractivity contribution is -0.133. The van der Waals surface area contributed by atoms with E-state index in [1.54, 1.807) is 0 Å². The number of Topliss-reactive ketones (excluding diaryl/α,β-unsaturated/α-hetero) is 1. The molecule has 0 heterocycles. The van der Waals surface area contributed by atoms with Crippen LogP contribution in [-0.2, 0) is 9.59 Å².